The van der Waals surface area contributed by atoms with Gasteiger partial charge in [0, 0.05) is 22.5 Å². The van der Waals surface area contributed by atoms with E-state index >= 15 is 0 Å². The summed E-state index contributed by atoms with van der Waals surface area (Å²) in [5.41, 5.74) is 3.07. The number of rotatable bonds is 6. The first-order chi connectivity index (χ1) is 14.6. The molecule has 5 nitrogen and oxygen atoms in total. The van der Waals surface area contributed by atoms with Gasteiger partial charge in [-0.05, 0) is 66.2 Å². The van der Waals surface area contributed by atoms with Gasteiger partial charge in [0.15, 0.2) is 0 Å². The molecule has 0 aliphatic rings. The molecule has 150 valence electrons. The van der Waals surface area contributed by atoms with Gasteiger partial charge in [-0.3, -0.25) is 4.79 Å². The van der Waals surface area contributed by atoms with Crippen molar-refractivity contribution in [2.45, 2.75) is 6.61 Å². The number of halogens is 2. The van der Waals surface area contributed by atoms with Gasteiger partial charge in [-0.1, -0.05) is 35.3 Å². The summed E-state index contributed by atoms with van der Waals surface area (Å²) in [6.07, 6.45) is 3.29. The quantitative estimate of drug-likeness (QED) is 0.401. The number of aromatic nitrogens is 2. The minimum atomic E-state index is -0.185. The Kier molecular flexibility index (Phi) is 6.02. The van der Waals surface area contributed by atoms with Crippen LogP contribution in [0.3, 0.4) is 0 Å². The van der Waals surface area contributed by atoms with Gasteiger partial charge >= 0.3 is 0 Å². The van der Waals surface area contributed by atoms with Crippen LogP contribution < -0.4 is 10.1 Å². The maximum Gasteiger partial charge on any atom is 0.255 e. The third-order valence-electron chi connectivity index (χ3n) is 4.38. The minimum Gasteiger partial charge on any atom is -0.489 e. The molecule has 0 saturated heterocycles. The number of nitrogens with zero attached hydrogens (tertiary/aromatic N) is 2. The third-order valence-corrected chi connectivity index (χ3v) is 4.82. The topological polar surface area (TPSA) is 56.2 Å². The fraction of sp³-hybridized carbons (Fsp3) is 0.0435. The minimum absolute atomic E-state index is 0.185. The Balaban J connectivity index is 1.34. The van der Waals surface area contributed by atoms with E-state index in [0.717, 1.165) is 17.0 Å². The van der Waals surface area contributed by atoms with E-state index in [1.165, 1.54) is 0 Å². The van der Waals surface area contributed by atoms with Gasteiger partial charge in [-0.15, -0.1) is 0 Å². The highest BCUT2D eigenvalue weighted by atomic mass is 35.5. The molecule has 1 aromatic heterocycles. The van der Waals surface area contributed by atoms with Crippen LogP contribution in [0, 0.1) is 0 Å². The Morgan fingerprint density at radius 1 is 0.900 bits per heavy atom. The Labute approximate surface area is 183 Å². The molecule has 0 fully saturated rings. The molecule has 1 amide bonds. The van der Waals surface area contributed by atoms with Crippen molar-refractivity contribution in [3.05, 3.63) is 106 Å². The summed E-state index contributed by atoms with van der Waals surface area (Å²) in [5.74, 6) is 0.553. The summed E-state index contributed by atoms with van der Waals surface area (Å²) in [6.45, 7) is 0.405. The summed E-state index contributed by atoms with van der Waals surface area (Å²) in [7, 11) is 0. The van der Waals surface area contributed by atoms with Crippen LogP contribution in [0.1, 0.15) is 15.9 Å². The van der Waals surface area contributed by atoms with Crippen molar-refractivity contribution < 1.29 is 9.53 Å². The van der Waals surface area contributed by atoms with Crippen molar-refractivity contribution in [3.63, 3.8) is 0 Å². The second kappa shape index (κ2) is 9.03. The van der Waals surface area contributed by atoms with E-state index < -0.39 is 0 Å². The Morgan fingerprint density at radius 3 is 2.23 bits per heavy atom. The average Bonchev–Trinajstić information content (AvgIpc) is 3.20. The summed E-state index contributed by atoms with van der Waals surface area (Å²) in [6, 6.07) is 21.8. The number of amides is 1. The Bertz CT molecular complexity index is 1140. The van der Waals surface area contributed by atoms with Crippen molar-refractivity contribution in [1.82, 2.24) is 9.78 Å². The highest BCUT2D eigenvalue weighted by Crippen LogP contribution is 2.18. The lowest BCUT2D eigenvalue weighted by molar-refractivity contribution is 0.102. The predicted octanol–water partition coefficient (Wildman–Crippen LogP) is 6.01. The summed E-state index contributed by atoms with van der Waals surface area (Å²) < 4.78 is 7.38. The lowest BCUT2D eigenvalue weighted by atomic mass is 10.1. The van der Waals surface area contributed by atoms with E-state index in [4.69, 9.17) is 27.9 Å². The molecule has 1 heterocycles. The molecule has 7 heteroatoms. The molecule has 0 aliphatic heterocycles. The number of benzene rings is 3. The maximum atomic E-state index is 12.5. The van der Waals surface area contributed by atoms with Gasteiger partial charge in [-0.25, -0.2) is 4.68 Å². The van der Waals surface area contributed by atoms with Gasteiger partial charge < -0.3 is 10.1 Å². The highest BCUT2D eigenvalue weighted by Gasteiger charge is 2.07. The summed E-state index contributed by atoms with van der Waals surface area (Å²) in [4.78, 5) is 12.5. The zero-order valence-electron chi connectivity index (χ0n) is 15.8. The van der Waals surface area contributed by atoms with Crippen LogP contribution in [0.15, 0.2) is 85.2 Å². The van der Waals surface area contributed by atoms with Crippen molar-refractivity contribution in [2.24, 2.45) is 0 Å². The van der Waals surface area contributed by atoms with Crippen LogP contribution in [0.2, 0.25) is 10.0 Å². The number of anilines is 1. The Hall–Kier alpha value is -3.28. The maximum absolute atomic E-state index is 12.5. The first kappa shape index (κ1) is 20.0. The third kappa shape index (κ3) is 5.00. The molecular formula is C23H17Cl2N3O2. The van der Waals surface area contributed by atoms with Crippen LogP contribution in [-0.4, -0.2) is 15.7 Å². The van der Waals surface area contributed by atoms with Crippen LogP contribution in [0.4, 0.5) is 5.69 Å². The molecule has 0 bridgehead atoms. The van der Waals surface area contributed by atoms with Crippen molar-refractivity contribution in [2.75, 3.05) is 5.32 Å². The van der Waals surface area contributed by atoms with Gasteiger partial charge in [0.2, 0.25) is 0 Å². The van der Waals surface area contributed by atoms with E-state index in [2.05, 4.69) is 10.4 Å². The van der Waals surface area contributed by atoms with Crippen molar-refractivity contribution >= 4 is 34.8 Å². The van der Waals surface area contributed by atoms with Crippen LogP contribution in [-0.2, 0) is 6.61 Å². The summed E-state index contributed by atoms with van der Waals surface area (Å²) >= 11 is 11.8. The number of hydrogen-bond acceptors (Lipinski definition) is 3. The van der Waals surface area contributed by atoms with Crippen LogP contribution >= 0.6 is 23.2 Å². The monoisotopic (exact) mass is 437 g/mol. The standard InChI is InChI=1S/C23H17Cl2N3O2/c24-18-5-11-22(12-6-18)30-15-16-1-3-17(4-2-16)23(29)27-20-7-9-21(10-8-20)28-14-19(25)13-26-28/h1-14H,15H2,(H,27,29). The SMILES string of the molecule is O=C(Nc1ccc(-n2cc(Cl)cn2)cc1)c1ccc(COc2ccc(Cl)cc2)cc1. The normalized spacial score (nSPS) is 10.6. The molecule has 3 aromatic carbocycles. The molecule has 4 rings (SSSR count). The molecule has 4 aromatic rings. The zero-order valence-corrected chi connectivity index (χ0v) is 17.3. The van der Waals surface area contributed by atoms with Gasteiger partial charge in [0.1, 0.15) is 12.4 Å². The molecule has 0 spiro atoms. The van der Waals surface area contributed by atoms with Crippen molar-refractivity contribution in [3.8, 4) is 11.4 Å². The molecule has 0 atom stereocenters. The van der Waals surface area contributed by atoms with Crippen LogP contribution in [0.5, 0.6) is 5.75 Å². The second-order valence-electron chi connectivity index (χ2n) is 6.54. The molecule has 0 unspecified atom stereocenters. The molecule has 0 aliphatic carbocycles. The average molecular weight is 438 g/mol. The van der Waals surface area contributed by atoms with Gasteiger partial charge in [-0.2, -0.15) is 5.10 Å². The van der Waals surface area contributed by atoms with Crippen molar-refractivity contribution in [1.29, 1.82) is 0 Å². The van der Waals surface area contributed by atoms with Gasteiger partial charge in [0.25, 0.3) is 5.91 Å². The number of carbonyl (C=O) groups excluding carboxylic acids is 1. The van der Waals surface area contributed by atoms with E-state index in [1.54, 1.807) is 41.3 Å². The molecule has 30 heavy (non-hydrogen) atoms. The van der Waals surface area contributed by atoms with E-state index in [1.807, 2.05) is 48.5 Å². The first-order valence-electron chi connectivity index (χ1n) is 9.16. The lowest BCUT2D eigenvalue weighted by Gasteiger charge is -2.09. The lowest BCUT2D eigenvalue weighted by Crippen LogP contribution is -2.12. The first-order valence-corrected chi connectivity index (χ1v) is 9.92. The highest BCUT2D eigenvalue weighted by molar-refractivity contribution is 6.30. The smallest absolute Gasteiger partial charge is 0.255 e. The molecule has 0 saturated carbocycles. The predicted molar refractivity (Wildman–Crippen MR) is 119 cm³/mol. The van der Waals surface area contributed by atoms with Crippen LogP contribution in [0.25, 0.3) is 5.69 Å². The van der Waals surface area contributed by atoms with E-state index in [0.29, 0.717) is 27.9 Å². The van der Waals surface area contributed by atoms with E-state index in [9.17, 15) is 4.79 Å². The fourth-order valence-electron chi connectivity index (χ4n) is 2.79. The summed E-state index contributed by atoms with van der Waals surface area (Å²) in [5, 5.41) is 8.27. The molecule has 0 radical (unpaired) electrons. The van der Waals surface area contributed by atoms with E-state index in [-0.39, 0.29) is 5.91 Å². The Morgan fingerprint density at radius 2 is 1.60 bits per heavy atom. The zero-order chi connectivity index (χ0) is 20.9. The molecule has 1 N–H and O–H groups in total. The largest absolute Gasteiger partial charge is 0.489 e. The number of carbonyl (C=O) groups is 1. The number of hydrogen-bond donors (Lipinski definition) is 1. The van der Waals surface area contributed by atoms with Gasteiger partial charge in [0.05, 0.1) is 16.9 Å². The number of nitrogens with one attached hydrogen (secondary N) is 1. The fourth-order valence-corrected chi connectivity index (χ4v) is 3.05. The molecular weight excluding hydrogens is 421 g/mol. The number of ether oxygens (including phenoxy) is 1. The second-order valence-corrected chi connectivity index (χ2v) is 7.42.